The number of carbonyl (C=O) groups excluding carboxylic acids is 2. The Labute approximate surface area is 231 Å². The van der Waals surface area contributed by atoms with Crippen LogP contribution in [0.5, 0.6) is 0 Å². The maximum atomic E-state index is 11.5. The summed E-state index contributed by atoms with van der Waals surface area (Å²) in [5.74, 6) is -0.680. The summed E-state index contributed by atoms with van der Waals surface area (Å²) in [5, 5.41) is 0. The van der Waals surface area contributed by atoms with Gasteiger partial charge in [-0.05, 0) is 19.3 Å². The van der Waals surface area contributed by atoms with Crippen LogP contribution in [0.15, 0.2) is 0 Å². The third-order valence-electron chi connectivity index (χ3n) is 5.06. The molecule has 0 radical (unpaired) electrons. The minimum absolute atomic E-state index is 0. The second-order valence-electron chi connectivity index (χ2n) is 8.47. The average molecular weight is 519 g/mol. The summed E-state index contributed by atoms with van der Waals surface area (Å²) in [6.07, 6.45) is 16.7. The Bertz CT molecular complexity index is 523. The molecule has 0 heterocycles. The Hall–Kier alpha value is -0.150. The van der Waals surface area contributed by atoms with Crippen LogP contribution in [0.1, 0.15) is 130 Å². The fourth-order valence-corrected chi connectivity index (χ4v) is 3.59. The summed E-state index contributed by atoms with van der Waals surface area (Å²) in [6, 6.07) is 0. The molecular formula is C25H51NaO7S. The third kappa shape index (κ3) is 36.4. The van der Waals surface area contributed by atoms with E-state index < -0.39 is 10.1 Å². The zero-order chi connectivity index (χ0) is 25.2. The van der Waals surface area contributed by atoms with Gasteiger partial charge < -0.3 is 9.47 Å². The van der Waals surface area contributed by atoms with Crippen molar-refractivity contribution < 1.29 is 32.0 Å². The van der Waals surface area contributed by atoms with E-state index in [2.05, 4.69) is 13.8 Å². The SMILES string of the molecule is CCCCCCCCOC(=O)CCC(=O)OCCCCCCCC.CCCCCS(=O)(=O)O.[NaH]. The maximum absolute atomic E-state index is 11.5. The Morgan fingerprint density at radius 1 is 0.588 bits per heavy atom. The van der Waals surface area contributed by atoms with Crippen molar-refractivity contribution in [2.75, 3.05) is 19.0 Å². The van der Waals surface area contributed by atoms with E-state index in [1.54, 1.807) is 0 Å². The predicted octanol–water partition coefficient (Wildman–Crippen LogP) is 5.99. The molecule has 0 spiro atoms. The van der Waals surface area contributed by atoms with E-state index in [0.29, 0.717) is 19.6 Å². The number of rotatable bonds is 21. The zero-order valence-electron chi connectivity index (χ0n) is 21.4. The quantitative estimate of drug-likeness (QED) is 0.0860. The van der Waals surface area contributed by atoms with Crippen LogP contribution in [0.4, 0.5) is 0 Å². The molecule has 0 atom stereocenters. The van der Waals surface area contributed by atoms with Crippen molar-refractivity contribution >= 4 is 51.6 Å². The zero-order valence-corrected chi connectivity index (χ0v) is 22.3. The summed E-state index contributed by atoms with van der Waals surface area (Å²) < 4.78 is 38.6. The summed E-state index contributed by atoms with van der Waals surface area (Å²) >= 11 is 0. The van der Waals surface area contributed by atoms with Crippen LogP contribution in [0.3, 0.4) is 0 Å². The standard InChI is InChI=1S/C20H38O4.C5H12O3S.Na.H/c1-3-5-7-9-11-13-17-23-19(21)15-16-20(22)24-18-14-12-10-8-6-4-2;1-2-3-4-5-9(6,7)8;;/h3-18H2,1-2H3;2-5H2,1H3,(H,6,7,8);;. The molecule has 1 N–H and O–H groups in total. The average Bonchev–Trinajstić information content (AvgIpc) is 2.76. The van der Waals surface area contributed by atoms with Crippen LogP contribution in [0.25, 0.3) is 0 Å². The van der Waals surface area contributed by atoms with Crippen LogP contribution in [0.2, 0.25) is 0 Å². The van der Waals surface area contributed by atoms with Gasteiger partial charge in [-0.2, -0.15) is 8.42 Å². The van der Waals surface area contributed by atoms with Crippen LogP contribution in [-0.4, -0.2) is 73.4 Å². The Morgan fingerprint density at radius 2 is 0.912 bits per heavy atom. The first-order chi connectivity index (χ1) is 15.8. The van der Waals surface area contributed by atoms with Gasteiger partial charge in [-0.15, -0.1) is 0 Å². The summed E-state index contributed by atoms with van der Waals surface area (Å²) in [5.41, 5.74) is 0. The van der Waals surface area contributed by atoms with E-state index in [-0.39, 0.29) is 60.1 Å². The molecule has 0 unspecified atom stereocenters. The van der Waals surface area contributed by atoms with E-state index in [4.69, 9.17) is 14.0 Å². The second-order valence-corrected chi connectivity index (χ2v) is 10.0. The molecule has 0 aromatic rings. The van der Waals surface area contributed by atoms with E-state index >= 15 is 0 Å². The number of ether oxygens (including phenoxy) is 2. The molecule has 9 heteroatoms. The van der Waals surface area contributed by atoms with Gasteiger partial charge in [-0.3, -0.25) is 14.1 Å². The van der Waals surface area contributed by atoms with E-state index in [1.807, 2.05) is 6.92 Å². The van der Waals surface area contributed by atoms with Gasteiger partial charge in [0.1, 0.15) is 0 Å². The van der Waals surface area contributed by atoms with Crippen molar-refractivity contribution in [1.29, 1.82) is 0 Å². The molecule has 7 nitrogen and oxygen atoms in total. The number of hydrogen-bond donors (Lipinski definition) is 1. The number of carbonyl (C=O) groups is 2. The van der Waals surface area contributed by atoms with Gasteiger partial charge in [0, 0.05) is 0 Å². The molecule has 0 aliphatic rings. The molecule has 0 rings (SSSR count). The predicted molar refractivity (Wildman–Crippen MR) is 141 cm³/mol. The van der Waals surface area contributed by atoms with E-state index in [9.17, 15) is 18.0 Å². The molecule has 0 bridgehead atoms. The van der Waals surface area contributed by atoms with Crippen molar-refractivity contribution in [2.45, 2.75) is 130 Å². The van der Waals surface area contributed by atoms with Crippen molar-refractivity contribution in [3.63, 3.8) is 0 Å². The fraction of sp³-hybridized carbons (Fsp3) is 0.920. The van der Waals surface area contributed by atoms with E-state index in [0.717, 1.165) is 38.5 Å². The molecule has 200 valence electrons. The van der Waals surface area contributed by atoms with Gasteiger partial charge in [-0.25, -0.2) is 0 Å². The van der Waals surface area contributed by atoms with Crippen molar-refractivity contribution in [1.82, 2.24) is 0 Å². The van der Waals surface area contributed by atoms with Gasteiger partial charge in [0.25, 0.3) is 10.1 Å². The first kappa shape index (κ1) is 38.4. The fourth-order valence-electron chi connectivity index (χ4n) is 3.02. The van der Waals surface area contributed by atoms with Gasteiger partial charge in [0.15, 0.2) is 0 Å². The molecule has 0 aliphatic heterocycles. The Morgan fingerprint density at radius 3 is 1.26 bits per heavy atom. The third-order valence-corrected chi connectivity index (χ3v) is 5.87. The molecule has 34 heavy (non-hydrogen) atoms. The minimum atomic E-state index is -3.70. The molecule has 0 saturated heterocycles. The van der Waals surface area contributed by atoms with Gasteiger partial charge in [-0.1, -0.05) is 97.8 Å². The first-order valence-electron chi connectivity index (χ1n) is 13.0. The van der Waals surface area contributed by atoms with E-state index in [1.165, 1.54) is 51.4 Å². The van der Waals surface area contributed by atoms with Gasteiger partial charge in [0.2, 0.25) is 0 Å². The van der Waals surface area contributed by atoms with Gasteiger partial charge >= 0.3 is 41.5 Å². The second kappa shape index (κ2) is 29.1. The monoisotopic (exact) mass is 518 g/mol. The molecule has 0 fully saturated rings. The topological polar surface area (TPSA) is 107 Å². The molecule has 0 aliphatic carbocycles. The molecule has 0 aromatic heterocycles. The summed E-state index contributed by atoms with van der Waals surface area (Å²) in [7, 11) is -3.70. The molecule has 0 saturated carbocycles. The number of esters is 2. The number of hydrogen-bond acceptors (Lipinski definition) is 6. The van der Waals surface area contributed by atoms with Crippen LogP contribution in [-0.2, 0) is 29.2 Å². The van der Waals surface area contributed by atoms with Crippen molar-refractivity contribution in [3.8, 4) is 0 Å². The first-order valence-corrected chi connectivity index (χ1v) is 14.6. The summed E-state index contributed by atoms with van der Waals surface area (Å²) in [4.78, 5) is 23.1. The summed E-state index contributed by atoms with van der Waals surface area (Å²) in [6.45, 7) is 7.31. The normalized spacial score (nSPS) is 10.6. The molecular weight excluding hydrogens is 467 g/mol. The Balaban J connectivity index is -0.000000812. The number of unbranched alkanes of at least 4 members (excludes halogenated alkanes) is 12. The van der Waals surface area contributed by atoms with Crippen molar-refractivity contribution in [2.24, 2.45) is 0 Å². The molecule has 0 aromatic carbocycles. The molecule has 0 amide bonds. The Kier molecular flexibility index (Phi) is 32.8. The van der Waals surface area contributed by atoms with Crippen LogP contribution in [0, 0.1) is 0 Å². The van der Waals surface area contributed by atoms with Crippen LogP contribution < -0.4 is 0 Å². The van der Waals surface area contributed by atoms with Gasteiger partial charge in [0.05, 0.1) is 31.8 Å². The van der Waals surface area contributed by atoms with Crippen LogP contribution >= 0.6 is 0 Å². The van der Waals surface area contributed by atoms with Crippen molar-refractivity contribution in [3.05, 3.63) is 0 Å².